The number of aromatic nitrogens is 8. The van der Waals surface area contributed by atoms with E-state index in [4.69, 9.17) is 30.5 Å². The average molecular weight is 831 g/mol. The first-order valence-electron chi connectivity index (χ1n) is 15.8. The number of benzene rings is 4. The van der Waals surface area contributed by atoms with Crippen molar-refractivity contribution in [3.8, 4) is 45.6 Å². The van der Waals surface area contributed by atoms with Crippen LogP contribution in [0.3, 0.4) is 0 Å². The molecule has 4 aromatic carbocycles. The molecule has 0 saturated carbocycles. The van der Waals surface area contributed by atoms with Crippen LogP contribution < -0.4 is 20.6 Å². The van der Waals surface area contributed by atoms with Crippen LogP contribution in [0, 0.1) is 0 Å². The summed E-state index contributed by atoms with van der Waals surface area (Å²) >= 11 is 0. The van der Waals surface area contributed by atoms with Gasteiger partial charge < -0.3 is 4.98 Å². The predicted molar refractivity (Wildman–Crippen MR) is 202 cm³/mol. The SMILES string of the molecule is NS(=O)(=O)c1cc2c3nc4nc(nc5c6ccccc6c(nc6nc(nc([nH]3)c2c(S(N)(=O)=O)c1S(N)(=O)=O)-c1ccccc1-6)n5S(N)(=O)=O)-c1ccccc1-4. The second kappa shape index (κ2) is 11.7. The van der Waals surface area contributed by atoms with Crippen molar-refractivity contribution < 1.29 is 33.7 Å². The van der Waals surface area contributed by atoms with Gasteiger partial charge in [0.25, 0.3) is 0 Å². The van der Waals surface area contributed by atoms with E-state index in [9.17, 15) is 33.7 Å². The van der Waals surface area contributed by atoms with Crippen molar-refractivity contribution in [2.24, 2.45) is 20.6 Å². The average Bonchev–Trinajstić information content (AvgIpc) is 3.84. The van der Waals surface area contributed by atoms with Crippen molar-refractivity contribution in [3.63, 3.8) is 0 Å². The van der Waals surface area contributed by atoms with Crippen LogP contribution >= 0.6 is 0 Å². The molecule has 0 atom stereocenters. The monoisotopic (exact) mass is 830 g/mol. The van der Waals surface area contributed by atoms with Crippen LogP contribution in [-0.2, 0) is 40.3 Å². The first kappa shape index (κ1) is 35.6. The number of nitrogens with one attached hydrogen (secondary N) is 1. The number of primary sulfonamides is 3. The topological polar surface area (TPSA) is 339 Å². The fourth-order valence-corrected chi connectivity index (χ4v) is 11.2. The van der Waals surface area contributed by atoms with E-state index in [1.807, 2.05) is 0 Å². The third-order valence-electron chi connectivity index (χ3n) is 8.95. The predicted octanol–water partition coefficient (Wildman–Crippen LogP) is 1.34. The summed E-state index contributed by atoms with van der Waals surface area (Å²) in [6.07, 6.45) is 0. The molecule has 24 heteroatoms. The van der Waals surface area contributed by atoms with Gasteiger partial charge in [-0.2, -0.15) is 12.4 Å². The third kappa shape index (κ3) is 5.46. The Morgan fingerprint density at radius 2 is 0.875 bits per heavy atom. The highest BCUT2D eigenvalue weighted by Crippen LogP contribution is 2.41. The van der Waals surface area contributed by atoms with Gasteiger partial charge in [-0.25, -0.2) is 75.7 Å². The van der Waals surface area contributed by atoms with E-state index >= 15 is 0 Å². The molecule has 0 spiro atoms. The quantitative estimate of drug-likeness (QED) is 0.167. The van der Waals surface area contributed by atoms with Crippen LogP contribution in [0.15, 0.2) is 93.5 Å². The van der Waals surface area contributed by atoms with Crippen LogP contribution in [0.4, 0.5) is 0 Å². The van der Waals surface area contributed by atoms with Crippen molar-refractivity contribution in [2.75, 3.05) is 0 Å². The number of nitrogens with two attached hydrogens (primary N) is 4. The molecule has 0 saturated heterocycles. The number of rotatable bonds is 4. The molecule has 7 aromatic rings. The van der Waals surface area contributed by atoms with E-state index in [1.54, 1.807) is 72.8 Å². The van der Waals surface area contributed by atoms with E-state index in [0.717, 1.165) is 10.0 Å². The van der Waals surface area contributed by atoms with Crippen LogP contribution in [0.5, 0.6) is 0 Å². The van der Waals surface area contributed by atoms with Gasteiger partial charge in [-0.05, 0) is 6.07 Å². The summed E-state index contributed by atoms with van der Waals surface area (Å²) in [5.41, 5.74) is 0.396. The van der Waals surface area contributed by atoms with Gasteiger partial charge in [0.2, 0.25) is 30.1 Å². The van der Waals surface area contributed by atoms with Crippen LogP contribution in [0.25, 0.3) is 89.7 Å². The maximum Gasteiger partial charge on any atom is 0.305 e. The van der Waals surface area contributed by atoms with Crippen molar-refractivity contribution >= 4 is 84.4 Å². The summed E-state index contributed by atoms with van der Waals surface area (Å²) in [7, 11) is -20.0. The fraction of sp³-hybridized carbons (Fsp3) is 0. The number of fused-ring (bicyclic) bond motifs is 20. The van der Waals surface area contributed by atoms with Gasteiger partial charge in [0.1, 0.15) is 26.0 Å². The Labute approximate surface area is 315 Å². The van der Waals surface area contributed by atoms with Crippen molar-refractivity contribution in [1.29, 1.82) is 0 Å². The molecule has 56 heavy (non-hydrogen) atoms. The Hall–Kier alpha value is -6.12. The summed E-state index contributed by atoms with van der Waals surface area (Å²) in [6, 6.07) is 20.5. The van der Waals surface area contributed by atoms with Gasteiger partial charge in [-0.3, -0.25) is 0 Å². The molecule has 5 heterocycles. The first-order valence-corrected chi connectivity index (χ1v) is 21.9. The van der Waals surface area contributed by atoms with Gasteiger partial charge in [-0.1, -0.05) is 72.8 Å². The number of aromatic amines is 1. The largest absolute Gasteiger partial charge is 0.324 e. The number of hydrogen-bond donors (Lipinski definition) is 5. The molecule has 20 nitrogen and oxygen atoms in total. The number of nitrogens with zero attached hydrogens (tertiary/aromatic N) is 7. The summed E-state index contributed by atoms with van der Waals surface area (Å²) in [5, 5.41) is 22.2. The zero-order chi connectivity index (χ0) is 39.7. The molecule has 2 aliphatic heterocycles. The minimum absolute atomic E-state index is 0.0296. The van der Waals surface area contributed by atoms with Gasteiger partial charge in [0, 0.05) is 43.8 Å². The van der Waals surface area contributed by atoms with Crippen LogP contribution in [0.2, 0.25) is 0 Å². The number of hydrogen-bond acceptors (Lipinski definition) is 14. The highest BCUT2D eigenvalue weighted by molar-refractivity contribution is 7.94. The van der Waals surface area contributed by atoms with E-state index in [2.05, 4.69) is 24.9 Å². The molecule has 0 fully saturated rings. The molecule has 282 valence electrons. The normalized spacial score (nSPS) is 13.2. The third-order valence-corrected chi connectivity index (χ3v) is 13.0. The first-order chi connectivity index (χ1) is 26.3. The lowest BCUT2D eigenvalue weighted by Gasteiger charge is -2.12. The Morgan fingerprint density at radius 3 is 1.29 bits per heavy atom. The van der Waals surface area contributed by atoms with Gasteiger partial charge in [0.05, 0.1) is 0 Å². The summed E-state index contributed by atoms with van der Waals surface area (Å²) in [6.45, 7) is 0. The molecule has 0 unspecified atom stereocenters. The molecule has 8 bridgehead atoms. The highest BCUT2D eigenvalue weighted by atomic mass is 32.2. The van der Waals surface area contributed by atoms with Crippen molar-refractivity contribution in [3.05, 3.63) is 78.9 Å². The molecular weight excluding hydrogens is 809 g/mol. The molecule has 0 aliphatic carbocycles. The Bertz CT molecular complexity index is 3610. The zero-order valence-electron chi connectivity index (χ0n) is 27.8. The lowest BCUT2D eigenvalue weighted by atomic mass is 10.1. The smallest absolute Gasteiger partial charge is 0.305 e. The minimum atomic E-state index is -5.20. The Kier molecular flexibility index (Phi) is 7.43. The molecule has 3 aromatic heterocycles. The lowest BCUT2D eigenvalue weighted by Crippen LogP contribution is -2.25. The van der Waals surface area contributed by atoms with Crippen molar-refractivity contribution in [2.45, 2.75) is 14.7 Å². The number of H-pyrrole nitrogens is 1. The molecule has 0 radical (unpaired) electrons. The van der Waals surface area contributed by atoms with Crippen LogP contribution in [0.1, 0.15) is 0 Å². The van der Waals surface area contributed by atoms with Gasteiger partial charge >= 0.3 is 10.2 Å². The molecule has 9 N–H and O–H groups in total. The van der Waals surface area contributed by atoms with Crippen molar-refractivity contribution in [1.82, 2.24) is 38.9 Å². The highest BCUT2D eigenvalue weighted by Gasteiger charge is 2.35. The maximum atomic E-state index is 13.4. The fourth-order valence-electron chi connectivity index (χ4n) is 6.79. The van der Waals surface area contributed by atoms with E-state index in [-0.39, 0.29) is 45.6 Å². The van der Waals surface area contributed by atoms with Gasteiger partial charge in [0.15, 0.2) is 34.6 Å². The Balaban J connectivity index is 1.62. The zero-order valence-corrected chi connectivity index (χ0v) is 31.1. The lowest BCUT2D eigenvalue weighted by molar-refractivity contribution is 0.576. The molecule has 9 rings (SSSR count). The second-order valence-corrected chi connectivity index (χ2v) is 18.4. The summed E-state index contributed by atoms with van der Waals surface area (Å²) in [5.74, 6) is -0.290. The maximum absolute atomic E-state index is 13.4. The second-order valence-electron chi connectivity index (χ2n) is 12.5. The molecular formula is C32H22N12O8S4. The summed E-state index contributed by atoms with van der Waals surface area (Å²) < 4.78 is 106. The molecule has 2 aliphatic rings. The standard InChI is InChI=1S/C32H22N12O8S4/c33-53(45,46)21-13-20-22(24(55(35,49)50)23(21)54(34,47)48)30-40-26-15-8-2-4-10-17(15)28(38-26)43-32-19-12-6-5-11-18(19)31(44(32)56(36,51)52)42-27-16-9-3-1-7-14(16)25(37-27)39-29(20)41-30/h1-13H,(H2,33,45,46)(H2,34,47,48)(H2,35,49,50)(H2,36,51,52)(H,37,38,39,40,41,42,43). The van der Waals surface area contributed by atoms with E-state index in [0.29, 0.717) is 33.0 Å². The Morgan fingerprint density at radius 1 is 0.464 bits per heavy atom. The number of sulfonamides is 3. The molecule has 0 amide bonds. The summed E-state index contributed by atoms with van der Waals surface area (Å²) in [4.78, 5) is 26.8. The van der Waals surface area contributed by atoms with E-state index < -0.39 is 66.0 Å². The van der Waals surface area contributed by atoms with Gasteiger partial charge in [-0.15, -0.1) is 0 Å². The van der Waals surface area contributed by atoms with Crippen LogP contribution in [-0.4, -0.2) is 72.5 Å². The van der Waals surface area contributed by atoms with E-state index in [1.165, 1.54) is 0 Å². The minimum Gasteiger partial charge on any atom is -0.324 e.